The standard InChI is InChI=1S/C29H24N2/c1-30(27-21-20-23-12-8-9-13-24(23)22-27)28-18-10-11-19-29(28)31(25-14-4-2-5-15-25)26-16-6-3-7-17-26/h2-22H,1H3. The second kappa shape index (κ2) is 8.37. The molecule has 0 aliphatic rings. The first-order valence-corrected chi connectivity index (χ1v) is 10.5. The average molecular weight is 401 g/mol. The predicted molar refractivity (Wildman–Crippen MR) is 133 cm³/mol. The van der Waals surface area contributed by atoms with Crippen LogP contribution in [0.15, 0.2) is 127 Å². The van der Waals surface area contributed by atoms with Crippen molar-refractivity contribution < 1.29 is 0 Å². The average Bonchev–Trinajstić information content (AvgIpc) is 2.85. The van der Waals surface area contributed by atoms with Crippen LogP contribution in [-0.4, -0.2) is 7.05 Å². The Balaban J connectivity index is 1.64. The van der Waals surface area contributed by atoms with Crippen molar-refractivity contribution in [1.29, 1.82) is 0 Å². The van der Waals surface area contributed by atoms with E-state index in [9.17, 15) is 0 Å². The summed E-state index contributed by atoms with van der Waals surface area (Å²) in [6.45, 7) is 0. The second-order valence-electron chi connectivity index (χ2n) is 7.59. The smallest absolute Gasteiger partial charge is 0.0698 e. The van der Waals surface area contributed by atoms with E-state index in [-0.39, 0.29) is 0 Å². The van der Waals surface area contributed by atoms with Gasteiger partial charge in [0.1, 0.15) is 0 Å². The van der Waals surface area contributed by atoms with Gasteiger partial charge in [0.25, 0.3) is 0 Å². The van der Waals surface area contributed by atoms with Gasteiger partial charge in [-0.2, -0.15) is 0 Å². The first-order valence-electron chi connectivity index (χ1n) is 10.5. The van der Waals surface area contributed by atoms with Gasteiger partial charge < -0.3 is 9.80 Å². The Morgan fingerprint density at radius 2 is 0.935 bits per heavy atom. The lowest BCUT2D eigenvalue weighted by molar-refractivity contribution is 1.18. The summed E-state index contributed by atoms with van der Waals surface area (Å²) in [4.78, 5) is 4.58. The van der Waals surface area contributed by atoms with Crippen LogP contribution < -0.4 is 9.80 Å². The van der Waals surface area contributed by atoms with E-state index < -0.39 is 0 Å². The Labute approximate surface area is 183 Å². The predicted octanol–water partition coefficient (Wildman–Crippen LogP) is 8.08. The largest absolute Gasteiger partial charge is 0.343 e. The monoisotopic (exact) mass is 400 g/mol. The summed E-state index contributed by atoms with van der Waals surface area (Å²) >= 11 is 0. The maximum absolute atomic E-state index is 2.31. The van der Waals surface area contributed by atoms with E-state index in [2.05, 4.69) is 144 Å². The number of hydrogen-bond donors (Lipinski definition) is 0. The number of para-hydroxylation sites is 4. The van der Waals surface area contributed by atoms with Crippen LogP contribution in [0, 0.1) is 0 Å². The highest BCUT2D eigenvalue weighted by molar-refractivity contribution is 5.90. The van der Waals surface area contributed by atoms with Crippen LogP contribution in [0.2, 0.25) is 0 Å². The number of benzene rings is 5. The minimum absolute atomic E-state index is 1.13. The van der Waals surface area contributed by atoms with E-state index in [1.807, 2.05) is 0 Å². The van der Waals surface area contributed by atoms with Gasteiger partial charge in [-0.1, -0.05) is 78.9 Å². The molecule has 2 nitrogen and oxygen atoms in total. The van der Waals surface area contributed by atoms with Crippen molar-refractivity contribution in [3.8, 4) is 0 Å². The summed E-state index contributed by atoms with van der Waals surface area (Å²) in [6.07, 6.45) is 0. The Kier molecular flexibility index (Phi) is 5.12. The molecule has 0 saturated carbocycles. The highest BCUT2D eigenvalue weighted by Crippen LogP contribution is 2.41. The third-order valence-electron chi connectivity index (χ3n) is 5.63. The summed E-state index contributed by atoms with van der Waals surface area (Å²) in [7, 11) is 2.14. The molecule has 0 N–H and O–H groups in total. The molecule has 2 heteroatoms. The Hall–Kier alpha value is -4.04. The molecule has 0 aliphatic heterocycles. The van der Waals surface area contributed by atoms with Crippen LogP contribution in [-0.2, 0) is 0 Å². The van der Waals surface area contributed by atoms with Gasteiger partial charge in [0.15, 0.2) is 0 Å². The normalized spacial score (nSPS) is 10.7. The molecule has 0 spiro atoms. The zero-order chi connectivity index (χ0) is 21.0. The molecule has 0 radical (unpaired) electrons. The Morgan fingerprint density at radius 3 is 1.58 bits per heavy atom. The number of hydrogen-bond acceptors (Lipinski definition) is 2. The first kappa shape index (κ1) is 19.0. The van der Waals surface area contributed by atoms with Crippen molar-refractivity contribution in [2.24, 2.45) is 0 Å². The Bertz CT molecular complexity index is 1260. The lowest BCUT2D eigenvalue weighted by atomic mass is 10.1. The topological polar surface area (TPSA) is 6.48 Å². The van der Waals surface area contributed by atoms with Gasteiger partial charge in [-0.25, -0.2) is 0 Å². The third-order valence-corrected chi connectivity index (χ3v) is 5.63. The first-order chi connectivity index (χ1) is 15.3. The zero-order valence-corrected chi connectivity index (χ0v) is 17.5. The molecule has 0 aliphatic carbocycles. The number of rotatable bonds is 5. The van der Waals surface area contributed by atoms with Gasteiger partial charge in [-0.3, -0.25) is 0 Å². The minimum atomic E-state index is 1.13. The van der Waals surface area contributed by atoms with Crippen LogP contribution >= 0.6 is 0 Å². The Morgan fingerprint density at radius 1 is 0.419 bits per heavy atom. The quantitative estimate of drug-likeness (QED) is 0.294. The summed E-state index contributed by atoms with van der Waals surface area (Å²) in [5.41, 5.74) is 5.70. The fourth-order valence-electron chi connectivity index (χ4n) is 4.04. The molecule has 5 aromatic carbocycles. The molecule has 0 bridgehead atoms. The van der Waals surface area contributed by atoms with Gasteiger partial charge in [0, 0.05) is 24.1 Å². The van der Waals surface area contributed by atoms with Crippen molar-refractivity contribution in [2.45, 2.75) is 0 Å². The highest BCUT2D eigenvalue weighted by atomic mass is 15.2. The fourth-order valence-corrected chi connectivity index (χ4v) is 4.04. The van der Waals surface area contributed by atoms with Crippen molar-refractivity contribution in [1.82, 2.24) is 0 Å². The van der Waals surface area contributed by atoms with Crippen molar-refractivity contribution in [2.75, 3.05) is 16.8 Å². The van der Waals surface area contributed by atoms with Crippen LogP contribution in [0.5, 0.6) is 0 Å². The molecule has 5 rings (SSSR count). The third kappa shape index (κ3) is 3.76. The molecule has 0 fully saturated rings. The fraction of sp³-hybridized carbons (Fsp3) is 0.0345. The molecule has 0 unspecified atom stereocenters. The van der Waals surface area contributed by atoms with Crippen molar-refractivity contribution in [3.05, 3.63) is 127 Å². The van der Waals surface area contributed by atoms with Crippen LogP contribution in [0.1, 0.15) is 0 Å². The van der Waals surface area contributed by atoms with Gasteiger partial charge >= 0.3 is 0 Å². The van der Waals surface area contributed by atoms with Gasteiger partial charge in [0.05, 0.1) is 11.4 Å². The lowest BCUT2D eigenvalue weighted by Crippen LogP contribution is -2.16. The molecule has 0 saturated heterocycles. The van der Waals surface area contributed by atoms with Gasteiger partial charge in [0.2, 0.25) is 0 Å². The minimum Gasteiger partial charge on any atom is -0.343 e. The van der Waals surface area contributed by atoms with E-state index in [0.717, 1.165) is 28.4 Å². The van der Waals surface area contributed by atoms with E-state index in [0.29, 0.717) is 0 Å². The number of anilines is 5. The maximum Gasteiger partial charge on any atom is 0.0698 e. The zero-order valence-electron chi connectivity index (χ0n) is 17.5. The molecule has 0 atom stereocenters. The summed E-state index contributed by atoms with van der Waals surface area (Å²) in [5, 5.41) is 2.50. The molecule has 5 aromatic rings. The van der Waals surface area contributed by atoms with E-state index in [4.69, 9.17) is 0 Å². The second-order valence-corrected chi connectivity index (χ2v) is 7.59. The van der Waals surface area contributed by atoms with Crippen molar-refractivity contribution in [3.63, 3.8) is 0 Å². The highest BCUT2D eigenvalue weighted by Gasteiger charge is 2.18. The molecule has 31 heavy (non-hydrogen) atoms. The van der Waals surface area contributed by atoms with E-state index in [1.165, 1.54) is 10.8 Å². The number of fused-ring (bicyclic) bond motifs is 1. The molecule has 0 amide bonds. The lowest BCUT2D eigenvalue weighted by Gasteiger charge is -2.31. The summed E-state index contributed by atoms with van der Waals surface area (Å²) in [5.74, 6) is 0. The van der Waals surface area contributed by atoms with Crippen LogP contribution in [0.3, 0.4) is 0 Å². The molecule has 0 heterocycles. The molecule has 150 valence electrons. The van der Waals surface area contributed by atoms with Crippen LogP contribution in [0.25, 0.3) is 10.8 Å². The van der Waals surface area contributed by atoms with Gasteiger partial charge in [-0.15, -0.1) is 0 Å². The van der Waals surface area contributed by atoms with Gasteiger partial charge in [-0.05, 0) is 59.3 Å². The van der Waals surface area contributed by atoms with E-state index >= 15 is 0 Å². The maximum atomic E-state index is 2.31. The number of nitrogens with zero attached hydrogens (tertiary/aromatic N) is 2. The molecule has 0 aromatic heterocycles. The van der Waals surface area contributed by atoms with Crippen LogP contribution in [0.4, 0.5) is 28.4 Å². The van der Waals surface area contributed by atoms with Crippen molar-refractivity contribution >= 4 is 39.2 Å². The summed E-state index contributed by atoms with van der Waals surface area (Å²) < 4.78 is 0. The summed E-state index contributed by atoms with van der Waals surface area (Å²) in [6, 6.07) is 44.8. The van der Waals surface area contributed by atoms with E-state index in [1.54, 1.807) is 0 Å². The molecular weight excluding hydrogens is 376 g/mol. The SMILES string of the molecule is CN(c1ccc2ccccc2c1)c1ccccc1N(c1ccccc1)c1ccccc1. The molecular formula is C29H24N2.